The van der Waals surface area contributed by atoms with Gasteiger partial charge in [-0.1, -0.05) is 44.2 Å². The summed E-state index contributed by atoms with van der Waals surface area (Å²) >= 11 is 0. The van der Waals surface area contributed by atoms with E-state index in [2.05, 4.69) is 26.0 Å². The summed E-state index contributed by atoms with van der Waals surface area (Å²) in [6.45, 7) is 6.55. The second-order valence-corrected chi connectivity index (χ2v) is 7.12. The first kappa shape index (κ1) is 18.2. The van der Waals surface area contributed by atoms with E-state index in [4.69, 9.17) is 4.42 Å². The van der Waals surface area contributed by atoms with Crippen molar-refractivity contribution in [1.29, 1.82) is 0 Å². The molecule has 1 fully saturated rings. The lowest BCUT2D eigenvalue weighted by atomic mass is 9.85. The van der Waals surface area contributed by atoms with Gasteiger partial charge in [0.15, 0.2) is 5.76 Å². The van der Waals surface area contributed by atoms with Crippen molar-refractivity contribution >= 4 is 11.8 Å². The number of piperazine rings is 1. The first-order chi connectivity index (χ1) is 12.6. The molecular weight excluding hydrogens is 328 g/mol. The highest BCUT2D eigenvalue weighted by molar-refractivity contribution is 5.91. The molecule has 1 unspecified atom stereocenters. The molecule has 1 aromatic heterocycles. The lowest BCUT2D eigenvalue weighted by Crippen LogP contribution is -2.50. The van der Waals surface area contributed by atoms with Crippen LogP contribution >= 0.6 is 0 Å². The average molecular weight is 354 g/mol. The number of hydrogen-bond donors (Lipinski definition) is 0. The van der Waals surface area contributed by atoms with Gasteiger partial charge in [0.25, 0.3) is 5.91 Å². The molecule has 5 nitrogen and oxygen atoms in total. The van der Waals surface area contributed by atoms with Crippen LogP contribution in [0.4, 0.5) is 0 Å². The summed E-state index contributed by atoms with van der Waals surface area (Å²) in [7, 11) is 0. The Kier molecular flexibility index (Phi) is 5.76. The average Bonchev–Trinajstić information content (AvgIpc) is 3.20. The fourth-order valence-electron chi connectivity index (χ4n) is 3.47. The molecule has 1 aromatic carbocycles. The third kappa shape index (κ3) is 4.15. The monoisotopic (exact) mass is 354 g/mol. The van der Waals surface area contributed by atoms with Gasteiger partial charge in [-0.15, -0.1) is 0 Å². The van der Waals surface area contributed by atoms with E-state index in [0.717, 1.165) is 0 Å². The summed E-state index contributed by atoms with van der Waals surface area (Å²) in [6.07, 6.45) is 2.01. The summed E-state index contributed by atoms with van der Waals surface area (Å²) in [5.74, 6) is 1.02. The topological polar surface area (TPSA) is 53.8 Å². The normalized spacial score (nSPS) is 16.0. The smallest absolute Gasteiger partial charge is 0.289 e. The van der Waals surface area contributed by atoms with E-state index in [9.17, 15) is 9.59 Å². The van der Waals surface area contributed by atoms with E-state index in [1.165, 1.54) is 11.8 Å². The first-order valence-corrected chi connectivity index (χ1v) is 9.21. The summed E-state index contributed by atoms with van der Waals surface area (Å²) in [5.41, 5.74) is 1.21. The van der Waals surface area contributed by atoms with E-state index in [0.29, 0.717) is 44.3 Å². The van der Waals surface area contributed by atoms with Gasteiger partial charge in [-0.25, -0.2) is 0 Å². The van der Waals surface area contributed by atoms with Gasteiger partial charge in [0.05, 0.1) is 6.26 Å². The van der Waals surface area contributed by atoms with Gasteiger partial charge >= 0.3 is 0 Å². The molecule has 2 heterocycles. The van der Waals surface area contributed by atoms with E-state index in [1.807, 2.05) is 23.1 Å². The maximum atomic E-state index is 12.8. The number of benzene rings is 1. The Morgan fingerprint density at radius 2 is 1.62 bits per heavy atom. The molecule has 1 aliphatic heterocycles. The van der Waals surface area contributed by atoms with Gasteiger partial charge in [0.1, 0.15) is 0 Å². The maximum absolute atomic E-state index is 12.8. The molecular formula is C21H26N2O3. The molecule has 0 aliphatic carbocycles. The zero-order valence-corrected chi connectivity index (χ0v) is 15.4. The molecule has 1 saturated heterocycles. The Hall–Kier alpha value is -2.56. The molecule has 0 N–H and O–H groups in total. The minimum atomic E-state index is -0.105. The lowest BCUT2D eigenvalue weighted by molar-refractivity contribution is -0.133. The van der Waals surface area contributed by atoms with Crippen molar-refractivity contribution in [2.75, 3.05) is 26.2 Å². The third-order valence-corrected chi connectivity index (χ3v) is 5.08. The molecule has 5 heteroatoms. The van der Waals surface area contributed by atoms with Gasteiger partial charge in [0.2, 0.25) is 5.91 Å². The van der Waals surface area contributed by atoms with Gasteiger partial charge < -0.3 is 14.2 Å². The molecule has 0 radical (unpaired) electrons. The second-order valence-electron chi connectivity index (χ2n) is 7.12. The quantitative estimate of drug-likeness (QED) is 0.827. The number of carbonyl (C=O) groups is 2. The van der Waals surface area contributed by atoms with Gasteiger partial charge in [-0.2, -0.15) is 0 Å². The molecule has 0 saturated carbocycles. The standard InChI is InChI=1S/C21H26N2O3/c1-16(2)18(17-7-4-3-5-8-17)15-20(24)22-10-12-23(13-11-22)21(25)19-9-6-14-26-19/h3-9,14,16,18H,10-13,15H2,1-2H3. The Balaban J connectivity index is 1.57. The fraction of sp³-hybridized carbons (Fsp3) is 0.429. The van der Waals surface area contributed by atoms with Crippen molar-refractivity contribution in [3.63, 3.8) is 0 Å². The largest absolute Gasteiger partial charge is 0.459 e. The van der Waals surface area contributed by atoms with Crippen molar-refractivity contribution in [1.82, 2.24) is 9.80 Å². The number of carbonyl (C=O) groups excluding carboxylic acids is 2. The van der Waals surface area contributed by atoms with Crippen LogP contribution in [0.2, 0.25) is 0 Å². The van der Waals surface area contributed by atoms with E-state index >= 15 is 0 Å². The predicted octanol–water partition coefficient (Wildman–Crippen LogP) is 3.39. The molecule has 3 rings (SSSR count). The first-order valence-electron chi connectivity index (χ1n) is 9.21. The van der Waals surface area contributed by atoms with Crippen LogP contribution < -0.4 is 0 Å². The van der Waals surface area contributed by atoms with E-state index in [1.54, 1.807) is 17.0 Å². The van der Waals surface area contributed by atoms with Crippen LogP contribution in [0.15, 0.2) is 53.1 Å². The summed E-state index contributed by atoms with van der Waals surface area (Å²) < 4.78 is 5.18. The molecule has 2 aromatic rings. The fourth-order valence-corrected chi connectivity index (χ4v) is 3.47. The van der Waals surface area contributed by atoms with Crippen molar-refractivity contribution in [3.05, 3.63) is 60.1 Å². The van der Waals surface area contributed by atoms with Crippen LogP contribution in [0.1, 0.15) is 42.3 Å². The molecule has 0 spiro atoms. The Morgan fingerprint density at radius 1 is 0.962 bits per heavy atom. The maximum Gasteiger partial charge on any atom is 0.289 e. The second kappa shape index (κ2) is 8.21. The summed E-state index contributed by atoms with van der Waals surface area (Å²) in [5, 5.41) is 0. The number of hydrogen-bond acceptors (Lipinski definition) is 3. The zero-order chi connectivity index (χ0) is 18.5. The van der Waals surface area contributed by atoms with Gasteiger partial charge in [-0.05, 0) is 29.5 Å². The number of amides is 2. The summed E-state index contributed by atoms with van der Waals surface area (Å²) in [4.78, 5) is 28.7. The molecule has 1 atom stereocenters. The summed E-state index contributed by atoms with van der Waals surface area (Å²) in [6, 6.07) is 13.6. The number of furan rings is 1. The van der Waals surface area contributed by atoms with E-state index in [-0.39, 0.29) is 17.7 Å². The molecule has 0 bridgehead atoms. The van der Waals surface area contributed by atoms with Crippen LogP contribution in [0.25, 0.3) is 0 Å². The van der Waals surface area contributed by atoms with Crippen molar-refractivity contribution in [3.8, 4) is 0 Å². The van der Waals surface area contributed by atoms with Crippen LogP contribution in [0, 0.1) is 5.92 Å². The molecule has 138 valence electrons. The SMILES string of the molecule is CC(C)C(CC(=O)N1CCN(C(=O)c2ccco2)CC1)c1ccccc1. The Morgan fingerprint density at radius 3 is 2.19 bits per heavy atom. The highest BCUT2D eigenvalue weighted by Crippen LogP contribution is 2.28. The number of rotatable bonds is 5. The lowest BCUT2D eigenvalue weighted by Gasteiger charge is -2.35. The van der Waals surface area contributed by atoms with Crippen molar-refractivity contribution in [2.24, 2.45) is 5.92 Å². The van der Waals surface area contributed by atoms with Gasteiger partial charge in [0, 0.05) is 32.6 Å². The molecule has 1 aliphatic rings. The highest BCUT2D eigenvalue weighted by atomic mass is 16.3. The third-order valence-electron chi connectivity index (χ3n) is 5.08. The van der Waals surface area contributed by atoms with Crippen LogP contribution in [-0.2, 0) is 4.79 Å². The Labute approximate surface area is 154 Å². The molecule has 26 heavy (non-hydrogen) atoms. The van der Waals surface area contributed by atoms with Crippen molar-refractivity contribution in [2.45, 2.75) is 26.2 Å². The van der Waals surface area contributed by atoms with Gasteiger partial charge in [-0.3, -0.25) is 9.59 Å². The predicted molar refractivity (Wildman–Crippen MR) is 99.8 cm³/mol. The minimum absolute atomic E-state index is 0.105. The van der Waals surface area contributed by atoms with E-state index < -0.39 is 0 Å². The zero-order valence-electron chi connectivity index (χ0n) is 15.4. The Bertz CT molecular complexity index is 717. The minimum Gasteiger partial charge on any atom is -0.459 e. The molecule has 2 amide bonds. The van der Waals surface area contributed by atoms with Crippen molar-refractivity contribution < 1.29 is 14.0 Å². The number of nitrogens with zero attached hydrogens (tertiary/aromatic N) is 2. The highest BCUT2D eigenvalue weighted by Gasteiger charge is 2.28. The van der Waals surface area contributed by atoms with Crippen LogP contribution in [0.3, 0.4) is 0 Å². The van der Waals surface area contributed by atoms with Crippen LogP contribution in [0.5, 0.6) is 0 Å². The van der Waals surface area contributed by atoms with Crippen LogP contribution in [-0.4, -0.2) is 47.8 Å².